The molecule has 9 nitrogen and oxygen atoms in total. The molecule has 3 aromatic heterocycles. The number of para-hydroxylation sites is 1. The number of benzene rings is 1. The van der Waals surface area contributed by atoms with E-state index < -0.39 is 5.67 Å². The highest BCUT2D eigenvalue weighted by molar-refractivity contribution is 5.86. The Morgan fingerprint density at radius 2 is 2.06 bits per heavy atom. The predicted octanol–water partition coefficient (Wildman–Crippen LogP) is 3.26. The third-order valence-electron chi connectivity index (χ3n) is 5.60. The summed E-state index contributed by atoms with van der Waals surface area (Å²) in [4.78, 5) is 22.0. The van der Waals surface area contributed by atoms with Crippen LogP contribution >= 0.6 is 0 Å². The zero-order valence-corrected chi connectivity index (χ0v) is 18.1. The number of rotatable bonds is 6. The van der Waals surface area contributed by atoms with Crippen LogP contribution in [0.15, 0.2) is 61.3 Å². The van der Waals surface area contributed by atoms with Gasteiger partial charge in [0.2, 0.25) is 0 Å². The summed E-state index contributed by atoms with van der Waals surface area (Å²) in [6.45, 7) is 1.94. The standard InChI is InChI=1S/C22H24FN7.CH2O2/c23-22(14-25-21-19-7-9-24-20(19)26-16-27-21)8-4-10-29(15-22)12-17-11-28-30(13-17)18-5-2-1-3-6-18;2-1-3/h1-3,5-7,9,11,13,16H,4,8,10,12,14-15H2,(H2,24,25,26,27);1H,(H,2,3). The summed E-state index contributed by atoms with van der Waals surface area (Å²) < 4.78 is 17.5. The first-order chi connectivity index (χ1) is 16.1. The quantitative estimate of drug-likeness (QED) is 0.386. The number of alkyl halides is 1. The Labute approximate surface area is 190 Å². The number of aromatic nitrogens is 5. The van der Waals surface area contributed by atoms with E-state index in [0.717, 1.165) is 35.2 Å². The fraction of sp³-hybridized carbons (Fsp3) is 0.304. The van der Waals surface area contributed by atoms with E-state index >= 15 is 4.39 Å². The zero-order valence-electron chi connectivity index (χ0n) is 18.1. The highest BCUT2D eigenvalue weighted by atomic mass is 19.1. The number of aromatic amines is 1. The minimum atomic E-state index is -1.30. The van der Waals surface area contributed by atoms with E-state index in [4.69, 9.17) is 9.90 Å². The number of hydrogen-bond acceptors (Lipinski definition) is 6. The van der Waals surface area contributed by atoms with Crippen LogP contribution in [0.5, 0.6) is 0 Å². The van der Waals surface area contributed by atoms with Gasteiger partial charge in [-0.3, -0.25) is 9.69 Å². The highest BCUT2D eigenvalue weighted by Crippen LogP contribution is 2.28. The van der Waals surface area contributed by atoms with Gasteiger partial charge in [-0.25, -0.2) is 19.0 Å². The molecule has 0 aliphatic carbocycles. The number of piperidine rings is 1. The number of carbonyl (C=O) groups is 1. The molecule has 33 heavy (non-hydrogen) atoms. The van der Waals surface area contributed by atoms with Crippen molar-refractivity contribution in [1.29, 1.82) is 0 Å². The second kappa shape index (κ2) is 10.2. The molecule has 1 fully saturated rings. The van der Waals surface area contributed by atoms with Crippen molar-refractivity contribution in [3.8, 4) is 5.69 Å². The van der Waals surface area contributed by atoms with Crippen molar-refractivity contribution in [3.63, 3.8) is 0 Å². The molecule has 0 bridgehead atoms. The van der Waals surface area contributed by atoms with Gasteiger partial charge in [0.1, 0.15) is 23.5 Å². The molecule has 10 heteroatoms. The number of hydrogen-bond donors (Lipinski definition) is 3. The van der Waals surface area contributed by atoms with Crippen LogP contribution in [0.4, 0.5) is 10.2 Å². The Morgan fingerprint density at radius 3 is 2.88 bits per heavy atom. The van der Waals surface area contributed by atoms with Crippen molar-refractivity contribution >= 4 is 23.3 Å². The van der Waals surface area contributed by atoms with Gasteiger partial charge in [0.25, 0.3) is 6.47 Å². The number of halogens is 1. The molecule has 1 saturated heterocycles. The monoisotopic (exact) mass is 451 g/mol. The third kappa shape index (κ3) is 5.53. The first-order valence-electron chi connectivity index (χ1n) is 10.7. The maximum atomic E-state index is 15.6. The Morgan fingerprint density at radius 1 is 1.24 bits per heavy atom. The van der Waals surface area contributed by atoms with Crippen molar-refractivity contribution in [2.24, 2.45) is 0 Å². The Hall–Kier alpha value is -3.79. The third-order valence-corrected chi connectivity index (χ3v) is 5.60. The van der Waals surface area contributed by atoms with Crippen molar-refractivity contribution in [3.05, 3.63) is 66.9 Å². The fourth-order valence-corrected chi connectivity index (χ4v) is 4.13. The normalized spacial score (nSPS) is 18.5. The second-order valence-electron chi connectivity index (χ2n) is 8.01. The van der Waals surface area contributed by atoms with Crippen LogP contribution in [0, 0.1) is 0 Å². The van der Waals surface area contributed by atoms with Crippen LogP contribution in [0.3, 0.4) is 0 Å². The lowest BCUT2D eigenvalue weighted by molar-refractivity contribution is -0.122. The molecule has 1 aliphatic rings. The number of carboxylic acid groups (broad SMARTS) is 1. The largest absolute Gasteiger partial charge is 0.483 e. The summed E-state index contributed by atoms with van der Waals surface area (Å²) in [5.74, 6) is 0.666. The van der Waals surface area contributed by atoms with Gasteiger partial charge in [-0.1, -0.05) is 18.2 Å². The Kier molecular flexibility index (Phi) is 6.94. The van der Waals surface area contributed by atoms with Crippen LogP contribution in [0.1, 0.15) is 18.4 Å². The molecule has 0 spiro atoms. The molecular weight excluding hydrogens is 425 g/mol. The molecule has 5 rings (SSSR count). The molecule has 0 saturated carbocycles. The summed E-state index contributed by atoms with van der Waals surface area (Å²) in [7, 11) is 0. The molecule has 4 heterocycles. The minimum Gasteiger partial charge on any atom is -0.483 e. The summed E-state index contributed by atoms with van der Waals surface area (Å²) >= 11 is 0. The number of fused-ring (bicyclic) bond motifs is 1. The maximum absolute atomic E-state index is 15.6. The zero-order chi connectivity index (χ0) is 23.1. The molecule has 0 radical (unpaired) electrons. The SMILES string of the molecule is FC1(CNc2ncnc3[nH]ccc23)CCCN(Cc2cnn(-c3ccccc3)c2)C1.O=CO. The lowest BCUT2D eigenvalue weighted by Crippen LogP contribution is -2.48. The average Bonchev–Trinajstić information content (AvgIpc) is 3.49. The van der Waals surface area contributed by atoms with E-state index in [0.29, 0.717) is 25.3 Å². The van der Waals surface area contributed by atoms with Crippen LogP contribution in [-0.4, -0.2) is 66.5 Å². The molecule has 1 atom stereocenters. The van der Waals surface area contributed by atoms with E-state index in [-0.39, 0.29) is 13.0 Å². The molecule has 172 valence electrons. The molecule has 1 aromatic carbocycles. The summed E-state index contributed by atoms with van der Waals surface area (Å²) in [6.07, 6.45) is 8.56. The highest BCUT2D eigenvalue weighted by Gasteiger charge is 2.35. The number of nitrogens with one attached hydrogen (secondary N) is 2. The minimum absolute atomic E-state index is 0.226. The summed E-state index contributed by atoms with van der Waals surface area (Å²) in [6, 6.07) is 11.9. The van der Waals surface area contributed by atoms with Gasteiger partial charge in [0.05, 0.1) is 23.8 Å². The topological polar surface area (TPSA) is 112 Å². The van der Waals surface area contributed by atoms with Gasteiger partial charge < -0.3 is 15.4 Å². The van der Waals surface area contributed by atoms with Gasteiger partial charge >= 0.3 is 0 Å². The van der Waals surface area contributed by atoms with Crippen molar-refractivity contribution < 1.29 is 14.3 Å². The van der Waals surface area contributed by atoms with Gasteiger partial charge in [-0.05, 0) is 37.6 Å². The van der Waals surface area contributed by atoms with Crippen LogP contribution in [0.25, 0.3) is 16.7 Å². The molecule has 1 aliphatic heterocycles. The predicted molar refractivity (Wildman–Crippen MR) is 123 cm³/mol. The molecule has 0 amide bonds. The Balaban J connectivity index is 0.000000821. The molecule has 1 unspecified atom stereocenters. The van der Waals surface area contributed by atoms with Crippen LogP contribution in [-0.2, 0) is 11.3 Å². The van der Waals surface area contributed by atoms with E-state index in [2.05, 4.69) is 30.3 Å². The molecular formula is C23H26FN7O2. The van der Waals surface area contributed by atoms with Gasteiger partial charge in [0, 0.05) is 31.0 Å². The van der Waals surface area contributed by atoms with Crippen LogP contribution in [0.2, 0.25) is 0 Å². The molecule has 4 aromatic rings. The first-order valence-corrected chi connectivity index (χ1v) is 10.7. The number of likely N-dealkylation sites (tertiary alicyclic amines) is 1. The van der Waals surface area contributed by atoms with E-state index in [1.165, 1.54) is 6.33 Å². The first kappa shape index (κ1) is 22.4. The average molecular weight is 452 g/mol. The van der Waals surface area contributed by atoms with Crippen LogP contribution < -0.4 is 5.32 Å². The maximum Gasteiger partial charge on any atom is 0.290 e. The van der Waals surface area contributed by atoms with E-state index in [9.17, 15) is 0 Å². The Bertz CT molecular complexity index is 1180. The van der Waals surface area contributed by atoms with E-state index in [1.807, 2.05) is 59.7 Å². The lowest BCUT2D eigenvalue weighted by Gasteiger charge is -2.37. The van der Waals surface area contributed by atoms with Crippen molar-refractivity contribution in [2.45, 2.75) is 25.1 Å². The summed E-state index contributed by atoms with van der Waals surface area (Å²) in [5.41, 5.74) is 1.55. The lowest BCUT2D eigenvalue weighted by atomic mass is 9.94. The van der Waals surface area contributed by atoms with E-state index in [1.54, 1.807) is 0 Å². The van der Waals surface area contributed by atoms with Crippen molar-refractivity contribution in [2.75, 3.05) is 25.0 Å². The van der Waals surface area contributed by atoms with Gasteiger partial charge in [-0.15, -0.1) is 0 Å². The number of anilines is 1. The van der Waals surface area contributed by atoms with Gasteiger partial charge in [-0.2, -0.15) is 5.10 Å². The number of nitrogens with zero attached hydrogens (tertiary/aromatic N) is 5. The molecule has 3 N–H and O–H groups in total. The van der Waals surface area contributed by atoms with Crippen molar-refractivity contribution in [1.82, 2.24) is 29.6 Å². The number of H-pyrrole nitrogens is 1. The second-order valence-corrected chi connectivity index (χ2v) is 8.01. The smallest absolute Gasteiger partial charge is 0.290 e. The fourth-order valence-electron chi connectivity index (χ4n) is 4.13. The van der Waals surface area contributed by atoms with Gasteiger partial charge in [0.15, 0.2) is 0 Å². The summed E-state index contributed by atoms with van der Waals surface area (Å²) in [5, 5.41) is 15.4.